The van der Waals surface area contributed by atoms with Crippen LogP contribution in [0.4, 0.5) is 0 Å². The molecule has 3 N–H and O–H groups in total. The molecule has 0 aromatic heterocycles. The summed E-state index contributed by atoms with van der Waals surface area (Å²) in [7, 11) is -1.04. The summed E-state index contributed by atoms with van der Waals surface area (Å²) in [5.41, 5.74) is 4.72. The number of hydrogen-bond acceptors (Lipinski definition) is 6. The van der Waals surface area contributed by atoms with Crippen LogP contribution in [0.15, 0.2) is 65.7 Å². The average Bonchev–Trinajstić information content (AvgIpc) is 3.16. The van der Waals surface area contributed by atoms with E-state index < -0.39 is 25.1 Å². The first-order valence-electron chi connectivity index (χ1n) is 13.5. The number of carbonyl (C=O) groups excluding carboxylic acids is 2. The van der Waals surface area contributed by atoms with Gasteiger partial charge in [0.15, 0.2) is 0 Å². The standard InChI is InChI=1S/C30H34BNO6/c1-2-14-32-29(35)24-16-22(18-33)27-25(28(24)30(32)36)17-31(37)38-26(27)13-10-21(20-6-4-3-5-7-20)15-19-8-11-23(34)12-9-19/h3-9,11-12,15,24-26,28,33-34,37H,2,10,13-14,16-18H2,1H3/b21-15-/t24-,25+,26-,28-/m1/s1. The van der Waals surface area contributed by atoms with E-state index in [2.05, 4.69) is 6.08 Å². The Morgan fingerprint density at radius 2 is 1.82 bits per heavy atom. The Bertz CT molecular complexity index is 1240. The lowest BCUT2D eigenvalue weighted by atomic mass is 9.58. The van der Waals surface area contributed by atoms with Gasteiger partial charge in [-0.1, -0.05) is 55.5 Å². The van der Waals surface area contributed by atoms with E-state index >= 15 is 0 Å². The number of imide groups is 1. The van der Waals surface area contributed by atoms with Crippen LogP contribution < -0.4 is 0 Å². The summed E-state index contributed by atoms with van der Waals surface area (Å²) in [5, 5.41) is 30.7. The van der Waals surface area contributed by atoms with E-state index in [1.54, 1.807) is 12.1 Å². The van der Waals surface area contributed by atoms with Crippen molar-refractivity contribution in [3.63, 3.8) is 0 Å². The number of aliphatic hydroxyl groups is 1. The van der Waals surface area contributed by atoms with Crippen molar-refractivity contribution >= 4 is 30.6 Å². The smallest absolute Gasteiger partial charge is 0.455 e. The molecule has 0 unspecified atom stereocenters. The number of allylic oxidation sites excluding steroid dienone is 1. The van der Waals surface area contributed by atoms with E-state index in [0.29, 0.717) is 32.2 Å². The fourth-order valence-electron chi connectivity index (χ4n) is 6.43. The predicted octanol–water partition coefficient (Wildman–Crippen LogP) is 3.91. The maximum absolute atomic E-state index is 13.4. The third kappa shape index (κ3) is 5.08. The Morgan fingerprint density at radius 3 is 2.50 bits per heavy atom. The Balaban J connectivity index is 1.45. The molecule has 2 fully saturated rings. The van der Waals surface area contributed by atoms with Crippen molar-refractivity contribution in [2.75, 3.05) is 13.2 Å². The van der Waals surface area contributed by atoms with Crippen LogP contribution in [0.3, 0.4) is 0 Å². The number of nitrogens with zero attached hydrogens (tertiary/aromatic N) is 1. The zero-order chi connectivity index (χ0) is 26.8. The summed E-state index contributed by atoms with van der Waals surface area (Å²) in [6.45, 7) is 2.14. The van der Waals surface area contributed by atoms with Gasteiger partial charge >= 0.3 is 7.12 Å². The monoisotopic (exact) mass is 515 g/mol. The van der Waals surface area contributed by atoms with Crippen molar-refractivity contribution in [3.05, 3.63) is 76.9 Å². The number of phenolic OH excluding ortho intramolecular Hbond substituents is 1. The zero-order valence-corrected chi connectivity index (χ0v) is 21.6. The van der Waals surface area contributed by atoms with Crippen LogP contribution in [-0.4, -0.2) is 58.3 Å². The maximum atomic E-state index is 13.4. The van der Waals surface area contributed by atoms with Crippen molar-refractivity contribution in [2.45, 2.75) is 45.0 Å². The molecule has 7 nitrogen and oxygen atoms in total. The van der Waals surface area contributed by atoms with Crippen LogP contribution in [0.2, 0.25) is 6.32 Å². The highest BCUT2D eigenvalue weighted by atomic mass is 16.5. The molecule has 1 aliphatic carbocycles. The second-order valence-electron chi connectivity index (χ2n) is 10.5. The second kappa shape index (κ2) is 11.3. The van der Waals surface area contributed by atoms with E-state index in [9.17, 15) is 24.8 Å². The van der Waals surface area contributed by atoms with Crippen molar-refractivity contribution in [2.24, 2.45) is 17.8 Å². The molecular formula is C30H34BNO6. The van der Waals surface area contributed by atoms with Crippen molar-refractivity contribution in [3.8, 4) is 5.75 Å². The average molecular weight is 515 g/mol. The molecule has 0 radical (unpaired) electrons. The van der Waals surface area contributed by atoms with Crippen molar-refractivity contribution < 1.29 is 29.5 Å². The number of aliphatic hydroxyl groups excluding tert-OH is 1. The first kappa shape index (κ1) is 26.4. The fourth-order valence-corrected chi connectivity index (χ4v) is 6.43. The summed E-state index contributed by atoms with van der Waals surface area (Å²) in [5.74, 6) is -1.44. The van der Waals surface area contributed by atoms with Crippen molar-refractivity contribution in [1.82, 2.24) is 4.90 Å². The number of fused-ring (bicyclic) bond motifs is 3. The van der Waals surface area contributed by atoms with Gasteiger partial charge in [0, 0.05) is 6.54 Å². The molecule has 0 saturated carbocycles. The quantitative estimate of drug-likeness (QED) is 0.213. The molecule has 0 bridgehead atoms. The van der Waals surface area contributed by atoms with Crippen molar-refractivity contribution in [1.29, 1.82) is 0 Å². The Kier molecular flexibility index (Phi) is 7.84. The highest BCUT2D eigenvalue weighted by Gasteiger charge is 2.56. The van der Waals surface area contributed by atoms with E-state index in [0.717, 1.165) is 27.8 Å². The van der Waals surface area contributed by atoms with E-state index in [-0.39, 0.29) is 36.4 Å². The molecule has 2 amide bonds. The zero-order valence-electron chi connectivity index (χ0n) is 21.6. The lowest BCUT2D eigenvalue weighted by Crippen LogP contribution is -2.46. The molecule has 2 aliphatic heterocycles. The minimum Gasteiger partial charge on any atom is -0.508 e. The number of aromatic hydroxyl groups is 1. The summed E-state index contributed by atoms with van der Waals surface area (Å²) in [4.78, 5) is 27.8. The topological polar surface area (TPSA) is 107 Å². The number of carbonyl (C=O) groups is 2. The molecule has 8 heteroatoms. The van der Waals surface area contributed by atoms with E-state index in [4.69, 9.17) is 4.65 Å². The highest BCUT2D eigenvalue weighted by molar-refractivity contribution is 6.43. The van der Waals surface area contributed by atoms with E-state index in [1.807, 2.05) is 49.4 Å². The lowest BCUT2D eigenvalue weighted by Gasteiger charge is -2.43. The highest BCUT2D eigenvalue weighted by Crippen LogP contribution is 2.50. The van der Waals surface area contributed by atoms with Gasteiger partial charge < -0.3 is 19.9 Å². The minimum atomic E-state index is -1.04. The van der Waals surface area contributed by atoms with Crippen LogP contribution in [-0.2, 0) is 14.2 Å². The van der Waals surface area contributed by atoms with Crippen LogP contribution in [0, 0.1) is 17.8 Å². The minimum absolute atomic E-state index is 0.160. The first-order chi connectivity index (χ1) is 18.4. The third-order valence-electron chi connectivity index (χ3n) is 8.09. The fraction of sp³-hybridized carbons (Fsp3) is 0.400. The maximum Gasteiger partial charge on any atom is 0.455 e. The molecule has 2 aromatic carbocycles. The molecule has 198 valence electrons. The summed E-state index contributed by atoms with van der Waals surface area (Å²) >= 11 is 0. The van der Waals surface area contributed by atoms with Gasteiger partial charge in [-0.05, 0) is 77.9 Å². The molecule has 2 aromatic rings. The normalized spacial score (nSPS) is 25.6. The molecule has 5 rings (SSSR count). The second-order valence-corrected chi connectivity index (χ2v) is 10.5. The molecule has 2 heterocycles. The lowest BCUT2D eigenvalue weighted by molar-refractivity contribution is -0.140. The van der Waals surface area contributed by atoms with Gasteiger partial charge in [0.2, 0.25) is 11.8 Å². The van der Waals surface area contributed by atoms with Gasteiger partial charge in [-0.25, -0.2) is 0 Å². The Labute approximate surface area is 223 Å². The molecule has 4 atom stereocenters. The van der Waals surface area contributed by atoms with Gasteiger partial charge in [-0.15, -0.1) is 0 Å². The van der Waals surface area contributed by atoms with Gasteiger partial charge in [-0.2, -0.15) is 0 Å². The number of hydrogen-bond donors (Lipinski definition) is 3. The Morgan fingerprint density at radius 1 is 1.08 bits per heavy atom. The number of rotatable bonds is 8. The van der Waals surface area contributed by atoms with E-state index in [1.165, 1.54) is 4.90 Å². The molecule has 0 spiro atoms. The summed E-state index contributed by atoms with van der Waals surface area (Å²) in [6.07, 6.45) is 4.06. The Hall–Kier alpha value is -3.20. The van der Waals surface area contributed by atoms with Crippen LogP contribution >= 0.6 is 0 Å². The summed E-state index contributed by atoms with van der Waals surface area (Å²) in [6, 6.07) is 17.0. The number of benzene rings is 2. The summed E-state index contributed by atoms with van der Waals surface area (Å²) < 4.78 is 6.04. The largest absolute Gasteiger partial charge is 0.508 e. The van der Waals surface area contributed by atoms with Crippen LogP contribution in [0.5, 0.6) is 5.75 Å². The molecule has 38 heavy (non-hydrogen) atoms. The van der Waals surface area contributed by atoms with Crippen LogP contribution in [0.1, 0.15) is 43.7 Å². The number of likely N-dealkylation sites (tertiary alicyclic amines) is 1. The van der Waals surface area contributed by atoms with Crippen LogP contribution in [0.25, 0.3) is 11.6 Å². The SMILES string of the molecule is CCCN1C(=O)[C@@H]2[C@@H](CC(CO)=C3[C@@H](CC/C(=C/c4ccc(O)cc4)c4ccccc4)OB(O)C[C@@H]32)C1=O. The molecular weight excluding hydrogens is 481 g/mol. The van der Waals surface area contributed by atoms with Gasteiger partial charge in [-0.3, -0.25) is 14.5 Å². The molecule has 2 saturated heterocycles. The van der Waals surface area contributed by atoms with Gasteiger partial charge in [0.1, 0.15) is 5.75 Å². The number of phenols is 1. The first-order valence-corrected chi connectivity index (χ1v) is 13.5. The van der Waals surface area contributed by atoms with Gasteiger partial charge in [0.25, 0.3) is 0 Å². The third-order valence-corrected chi connectivity index (χ3v) is 8.09. The van der Waals surface area contributed by atoms with Gasteiger partial charge in [0.05, 0.1) is 24.5 Å². The predicted molar refractivity (Wildman–Crippen MR) is 146 cm³/mol. The number of amides is 2. The molecule has 3 aliphatic rings.